The van der Waals surface area contributed by atoms with E-state index in [2.05, 4.69) is 11.4 Å². The first-order valence-corrected chi connectivity index (χ1v) is 13.2. The van der Waals surface area contributed by atoms with Gasteiger partial charge in [-0.05, 0) is 79.6 Å². The molecule has 1 amide bonds. The zero-order chi connectivity index (χ0) is 26.3. The van der Waals surface area contributed by atoms with Gasteiger partial charge in [0.1, 0.15) is 23.8 Å². The number of rotatable bonds is 13. The number of ether oxygens (including phenoxy) is 3. The second-order valence-corrected chi connectivity index (χ2v) is 10.1. The van der Waals surface area contributed by atoms with Gasteiger partial charge in [0, 0.05) is 40.0 Å². The van der Waals surface area contributed by atoms with Gasteiger partial charge in [-0.2, -0.15) is 0 Å². The molecular formula is C29H39FN2O5. The Morgan fingerprint density at radius 3 is 2.62 bits per heavy atom. The van der Waals surface area contributed by atoms with Crippen molar-refractivity contribution in [1.29, 1.82) is 0 Å². The largest absolute Gasteiger partial charge is 0.491 e. The van der Waals surface area contributed by atoms with E-state index in [-0.39, 0.29) is 11.9 Å². The Bertz CT molecular complexity index is 1020. The summed E-state index contributed by atoms with van der Waals surface area (Å²) in [7, 11) is 3.33. The molecule has 4 rings (SSSR count). The molecule has 7 nitrogen and oxygen atoms in total. The number of aliphatic hydroxyl groups is 1. The first-order valence-electron chi connectivity index (χ1n) is 13.2. The standard InChI is InChI=1S/C29H39FN2O5/c1-35-12-4-5-21-15-22(17-26(16-21)37-14-13-36-2)20-32(25-8-9-25)28(33)27-19-31-11-10-29(27,34)23-6-3-7-24(30)18-23/h3,6-7,15-18,25,27,31,34H,4-5,8-14,19-20H2,1-2H3. The van der Waals surface area contributed by atoms with Crippen LogP contribution in [0.3, 0.4) is 0 Å². The van der Waals surface area contributed by atoms with Gasteiger partial charge in [0.25, 0.3) is 0 Å². The second kappa shape index (κ2) is 12.8. The van der Waals surface area contributed by atoms with Gasteiger partial charge in [-0.3, -0.25) is 4.79 Å². The lowest BCUT2D eigenvalue weighted by atomic mass is 9.75. The number of carbonyl (C=O) groups is 1. The highest BCUT2D eigenvalue weighted by atomic mass is 19.1. The molecule has 2 aromatic carbocycles. The Hall–Kier alpha value is -2.52. The third kappa shape index (κ3) is 7.08. The zero-order valence-electron chi connectivity index (χ0n) is 21.9. The summed E-state index contributed by atoms with van der Waals surface area (Å²) in [6.07, 6.45) is 3.95. The van der Waals surface area contributed by atoms with Gasteiger partial charge in [0.05, 0.1) is 12.5 Å². The topological polar surface area (TPSA) is 80.3 Å². The summed E-state index contributed by atoms with van der Waals surface area (Å²) < 4.78 is 30.3. The maximum absolute atomic E-state index is 14.1. The molecule has 2 N–H and O–H groups in total. The van der Waals surface area contributed by atoms with E-state index in [9.17, 15) is 14.3 Å². The summed E-state index contributed by atoms with van der Waals surface area (Å²) in [5.74, 6) is -0.471. The summed E-state index contributed by atoms with van der Waals surface area (Å²) in [4.78, 5) is 15.9. The van der Waals surface area contributed by atoms with Crippen molar-refractivity contribution in [2.45, 2.75) is 50.3 Å². The maximum Gasteiger partial charge on any atom is 0.230 e. The summed E-state index contributed by atoms with van der Waals surface area (Å²) in [5, 5.41) is 15.0. The lowest BCUT2D eigenvalue weighted by Gasteiger charge is -2.42. The minimum absolute atomic E-state index is 0.104. The van der Waals surface area contributed by atoms with Gasteiger partial charge >= 0.3 is 0 Å². The fourth-order valence-corrected chi connectivity index (χ4v) is 5.14. The number of hydrogen-bond acceptors (Lipinski definition) is 6. The number of nitrogens with one attached hydrogen (secondary N) is 1. The molecule has 2 unspecified atom stereocenters. The van der Waals surface area contributed by atoms with Gasteiger partial charge in [0.15, 0.2) is 0 Å². The van der Waals surface area contributed by atoms with Crippen molar-refractivity contribution in [3.05, 3.63) is 65.0 Å². The third-order valence-electron chi connectivity index (χ3n) is 7.25. The summed E-state index contributed by atoms with van der Waals surface area (Å²) in [6.45, 7) is 2.94. The first kappa shape index (κ1) is 27.5. The van der Waals surface area contributed by atoms with Crippen molar-refractivity contribution in [3.63, 3.8) is 0 Å². The van der Waals surface area contributed by atoms with Gasteiger partial charge in [-0.1, -0.05) is 18.2 Å². The second-order valence-electron chi connectivity index (χ2n) is 10.1. The van der Waals surface area contributed by atoms with Crippen LogP contribution < -0.4 is 10.1 Å². The highest BCUT2D eigenvalue weighted by Crippen LogP contribution is 2.39. The first-order chi connectivity index (χ1) is 17.9. The van der Waals surface area contributed by atoms with E-state index < -0.39 is 17.3 Å². The molecule has 1 aliphatic heterocycles. The van der Waals surface area contributed by atoms with Crippen molar-refractivity contribution in [1.82, 2.24) is 10.2 Å². The lowest BCUT2D eigenvalue weighted by molar-refractivity contribution is -0.150. The molecule has 0 bridgehead atoms. The van der Waals surface area contributed by atoms with Crippen LogP contribution >= 0.6 is 0 Å². The quantitative estimate of drug-likeness (QED) is 0.399. The minimum atomic E-state index is -1.42. The number of hydrogen-bond donors (Lipinski definition) is 2. The molecule has 2 aliphatic rings. The Morgan fingerprint density at radius 2 is 1.89 bits per heavy atom. The molecule has 8 heteroatoms. The molecule has 1 aliphatic carbocycles. The molecule has 2 aromatic rings. The SMILES string of the molecule is COCCCc1cc(CN(C(=O)C2CNCCC2(O)c2cccc(F)c2)C2CC2)cc(OCCOC)c1. The molecule has 2 atom stereocenters. The Kier molecular flexibility index (Phi) is 9.54. The van der Waals surface area contributed by atoms with Crippen LogP contribution in [0.1, 0.15) is 42.4 Å². The number of amides is 1. The molecule has 0 radical (unpaired) electrons. The van der Waals surface area contributed by atoms with Crippen LogP contribution in [-0.2, 0) is 32.8 Å². The number of halogens is 1. The Balaban J connectivity index is 1.58. The number of benzene rings is 2. The monoisotopic (exact) mass is 514 g/mol. The van der Waals surface area contributed by atoms with Crippen molar-refractivity contribution in [2.24, 2.45) is 5.92 Å². The molecule has 1 saturated carbocycles. The Labute approximate surface area is 218 Å². The predicted octanol–water partition coefficient (Wildman–Crippen LogP) is 3.42. The van der Waals surface area contributed by atoms with Crippen LogP contribution in [-0.4, -0.2) is 69.1 Å². The van der Waals surface area contributed by atoms with E-state index in [1.807, 2.05) is 17.0 Å². The number of carbonyl (C=O) groups excluding carboxylic acids is 1. The number of aryl methyl sites for hydroxylation is 1. The predicted molar refractivity (Wildman–Crippen MR) is 139 cm³/mol. The van der Waals surface area contributed by atoms with Crippen molar-refractivity contribution in [2.75, 3.05) is 47.1 Å². The molecule has 202 valence electrons. The van der Waals surface area contributed by atoms with Crippen molar-refractivity contribution >= 4 is 5.91 Å². The van der Waals surface area contributed by atoms with Crippen LogP contribution in [0.15, 0.2) is 42.5 Å². The maximum atomic E-state index is 14.1. The van der Waals surface area contributed by atoms with E-state index in [0.717, 1.165) is 42.6 Å². The zero-order valence-corrected chi connectivity index (χ0v) is 21.9. The van der Waals surface area contributed by atoms with E-state index in [4.69, 9.17) is 14.2 Å². The minimum Gasteiger partial charge on any atom is -0.491 e. The average molecular weight is 515 g/mol. The molecular weight excluding hydrogens is 475 g/mol. The molecule has 1 heterocycles. The molecule has 2 fully saturated rings. The number of methoxy groups -OCH3 is 2. The summed E-state index contributed by atoms with van der Waals surface area (Å²) in [5.41, 5.74) is 1.15. The molecule has 0 spiro atoms. The molecule has 0 aromatic heterocycles. The van der Waals surface area contributed by atoms with Crippen molar-refractivity contribution in [3.8, 4) is 5.75 Å². The fraction of sp³-hybridized carbons (Fsp3) is 0.552. The van der Waals surface area contributed by atoms with Crippen LogP contribution in [0.4, 0.5) is 4.39 Å². The fourth-order valence-electron chi connectivity index (χ4n) is 5.14. The van der Waals surface area contributed by atoms with Crippen LogP contribution in [0.25, 0.3) is 0 Å². The highest BCUT2D eigenvalue weighted by molar-refractivity contribution is 5.81. The Morgan fingerprint density at radius 1 is 1.11 bits per heavy atom. The number of nitrogens with zero attached hydrogens (tertiary/aromatic N) is 1. The van der Waals surface area contributed by atoms with Gasteiger partial charge in [-0.15, -0.1) is 0 Å². The van der Waals surface area contributed by atoms with E-state index in [1.54, 1.807) is 26.4 Å². The third-order valence-corrected chi connectivity index (χ3v) is 7.25. The van der Waals surface area contributed by atoms with Crippen LogP contribution in [0.2, 0.25) is 0 Å². The van der Waals surface area contributed by atoms with Crippen LogP contribution in [0.5, 0.6) is 5.75 Å². The van der Waals surface area contributed by atoms with Gasteiger partial charge in [-0.25, -0.2) is 4.39 Å². The van der Waals surface area contributed by atoms with E-state index in [1.165, 1.54) is 12.1 Å². The van der Waals surface area contributed by atoms with Gasteiger partial charge < -0.3 is 29.5 Å². The molecule has 1 saturated heterocycles. The summed E-state index contributed by atoms with van der Waals surface area (Å²) in [6, 6.07) is 12.3. The summed E-state index contributed by atoms with van der Waals surface area (Å²) >= 11 is 0. The van der Waals surface area contributed by atoms with E-state index in [0.29, 0.717) is 51.4 Å². The lowest BCUT2D eigenvalue weighted by Crippen LogP contribution is -2.55. The normalized spacial score (nSPS) is 21.6. The van der Waals surface area contributed by atoms with Gasteiger partial charge in [0.2, 0.25) is 5.91 Å². The number of piperidine rings is 1. The smallest absolute Gasteiger partial charge is 0.230 e. The average Bonchev–Trinajstić information content (AvgIpc) is 3.73. The van der Waals surface area contributed by atoms with Crippen molar-refractivity contribution < 1.29 is 28.5 Å². The van der Waals surface area contributed by atoms with E-state index >= 15 is 0 Å². The van der Waals surface area contributed by atoms with Crippen LogP contribution in [0, 0.1) is 11.7 Å². The molecule has 37 heavy (non-hydrogen) atoms. The highest BCUT2D eigenvalue weighted by Gasteiger charge is 2.48.